The number of rotatable bonds is 11. The fraction of sp³-hybridized carbons (Fsp3) is 0.290. The predicted octanol–water partition coefficient (Wildman–Crippen LogP) is 6.85. The molecule has 0 aliphatic heterocycles. The second-order valence-corrected chi connectivity index (χ2v) is 12.6. The maximum Gasteiger partial charge on any atom is 0.416 e. The fourth-order valence-corrected chi connectivity index (χ4v) is 5.25. The van der Waals surface area contributed by atoms with E-state index in [1.54, 1.807) is 42.5 Å². The lowest BCUT2D eigenvalue weighted by Crippen LogP contribution is -2.23. The summed E-state index contributed by atoms with van der Waals surface area (Å²) in [7, 11) is -2.31. The van der Waals surface area contributed by atoms with Crippen LogP contribution in [0.25, 0.3) is 22.0 Å². The molecule has 0 fully saturated rings. The van der Waals surface area contributed by atoms with Crippen molar-refractivity contribution >= 4 is 32.4 Å². The Morgan fingerprint density at radius 1 is 1.00 bits per heavy atom. The minimum absolute atomic E-state index is 0.0441. The molecule has 3 aromatic carbocycles. The van der Waals surface area contributed by atoms with Gasteiger partial charge in [-0.2, -0.15) is 13.2 Å². The Morgan fingerprint density at radius 3 is 2.33 bits per heavy atom. The number of methoxy groups -OCH3 is 1. The number of ketones is 1. The maximum atomic E-state index is 13.4. The Morgan fingerprint density at radius 2 is 1.69 bits per heavy atom. The number of aromatic hydroxyl groups is 1. The summed E-state index contributed by atoms with van der Waals surface area (Å²) in [6.45, 7) is 3.29. The second-order valence-electron chi connectivity index (χ2n) is 10.4. The molecular weight excluding hydrogens is 569 g/mol. The molecule has 1 aromatic heterocycles. The number of sulfonamides is 1. The molecule has 0 aliphatic rings. The third kappa shape index (κ3) is 7.46. The number of hydrogen-bond acceptors (Lipinski definition) is 6. The number of pyridine rings is 1. The summed E-state index contributed by atoms with van der Waals surface area (Å²) in [6, 6.07) is 17.5. The van der Waals surface area contributed by atoms with Crippen LogP contribution in [-0.4, -0.2) is 43.3 Å². The van der Waals surface area contributed by atoms with Gasteiger partial charge in [0, 0.05) is 25.5 Å². The number of carbonyl (C=O) groups excluding carboxylic acids is 1. The van der Waals surface area contributed by atoms with Crippen LogP contribution in [0.2, 0.25) is 0 Å². The summed E-state index contributed by atoms with van der Waals surface area (Å²) in [5, 5.41) is 9.11. The molecule has 4 aromatic rings. The number of fused-ring (bicyclic) bond motifs is 1. The Labute approximate surface area is 242 Å². The standard InChI is InChI=1S/C31H31F3N2O5S/c1-19(2)42(39,40)36-28-17-29(30(38)14-21(18-41-3)13-20-7-10-25(37)11-8-20)35-27-12-9-23(16-26(27)28)22-5-4-6-24(15-22)31(32,33)34/h4-12,15-17,19,21,37H,13-14,18H2,1-3H3,(H,35,36). The number of Topliss-reactive ketones (excluding diaryl/α,β-unsaturated/α-hetero) is 1. The zero-order valence-electron chi connectivity index (χ0n) is 23.3. The van der Waals surface area contributed by atoms with E-state index in [1.165, 1.54) is 39.2 Å². The first kappa shape index (κ1) is 31.0. The smallest absolute Gasteiger partial charge is 0.416 e. The van der Waals surface area contributed by atoms with Gasteiger partial charge in [-0.1, -0.05) is 30.3 Å². The molecule has 7 nitrogen and oxygen atoms in total. The number of benzene rings is 3. The summed E-state index contributed by atoms with van der Waals surface area (Å²) in [6.07, 6.45) is -3.96. The van der Waals surface area contributed by atoms with E-state index >= 15 is 0 Å². The van der Waals surface area contributed by atoms with Crippen molar-refractivity contribution in [2.75, 3.05) is 18.4 Å². The first-order valence-corrected chi connectivity index (χ1v) is 14.8. The molecule has 222 valence electrons. The highest BCUT2D eigenvalue weighted by molar-refractivity contribution is 7.93. The largest absolute Gasteiger partial charge is 0.508 e. The number of alkyl halides is 3. The quantitative estimate of drug-likeness (QED) is 0.182. The van der Waals surface area contributed by atoms with Gasteiger partial charge >= 0.3 is 6.18 Å². The molecule has 11 heteroatoms. The number of phenols is 1. The third-order valence-electron chi connectivity index (χ3n) is 6.83. The van der Waals surface area contributed by atoms with Gasteiger partial charge in [0.15, 0.2) is 5.78 Å². The maximum absolute atomic E-state index is 13.4. The van der Waals surface area contributed by atoms with E-state index in [9.17, 15) is 31.5 Å². The van der Waals surface area contributed by atoms with Crippen LogP contribution in [0.5, 0.6) is 5.75 Å². The van der Waals surface area contributed by atoms with Gasteiger partial charge in [0.2, 0.25) is 10.0 Å². The number of phenolic OH excluding ortho intramolecular Hbond substituents is 1. The molecular formula is C31H31F3N2O5S. The fourth-order valence-electron chi connectivity index (χ4n) is 4.54. The molecule has 2 N–H and O–H groups in total. The van der Waals surface area contributed by atoms with Gasteiger partial charge in [0.25, 0.3) is 0 Å². The van der Waals surface area contributed by atoms with Crippen LogP contribution in [0, 0.1) is 5.92 Å². The Balaban J connectivity index is 1.74. The van der Waals surface area contributed by atoms with E-state index in [0.717, 1.165) is 17.7 Å². The van der Waals surface area contributed by atoms with Crippen LogP contribution >= 0.6 is 0 Å². The predicted molar refractivity (Wildman–Crippen MR) is 156 cm³/mol. The van der Waals surface area contributed by atoms with Gasteiger partial charge in [0.1, 0.15) is 11.4 Å². The average Bonchev–Trinajstić information content (AvgIpc) is 2.93. The molecule has 0 amide bonds. The molecule has 0 spiro atoms. The van der Waals surface area contributed by atoms with Crippen molar-refractivity contribution in [1.29, 1.82) is 0 Å². The zero-order chi connectivity index (χ0) is 30.7. The van der Waals surface area contributed by atoms with E-state index in [0.29, 0.717) is 28.5 Å². The first-order chi connectivity index (χ1) is 19.8. The number of anilines is 1. The van der Waals surface area contributed by atoms with Gasteiger partial charge in [-0.25, -0.2) is 13.4 Å². The number of hydrogen-bond donors (Lipinski definition) is 2. The van der Waals surface area contributed by atoms with Crippen LogP contribution in [-0.2, 0) is 27.4 Å². The lowest BCUT2D eigenvalue weighted by atomic mass is 9.93. The summed E-state index contributed by atoms with van der Waals surface area (Å²) >= 11 is 0. The minimum Gasteiger partial charge on any atom is -0.508 e. The van der Waals surface area contributed by atoms with Gasteiger partial charge in [-0.05, 0) is 85.3 Å². The van der Waals surface area contributed by atoms with Crippen molar-refractivity contribution in [3.8, 4) is 16.9 Å². The second kappa shape index (κ2) is 12.5. The van der Waals surface area contributed by atoms with Crippen molar-refractivity contribution in [2.24, 2.45) is 5.92 Å². The van der Waals surface area contributed by atoms with Crippen molar-refractivity contribution in [2.45, 2.75) is 38.1 Å². The molecule has 0 saturated carbocycles. The SMILES string of the molecule is COCC(CC(=O)c1cc(NS(=O)(=O)C(C)C)c2cc(-c3cccc(C(F)(F)F)c3)ccc2n1)Cc1ccc(O)cc1. The molecule has 0 aliphatic carbocycles. The number of nitrogens with one attached hydrogen (secondary N) is 1. The van der Waals surface area contributed by atoms with E-state index < -0.39 is 27.0 Å². The van der Waals surface area contributed by atoms with Crippen LogP contribution in [0.3, 0.4) is 0 Å². The summed E-state index contributed by atoms with van der Waals surface area (Å²) in [5.74, 6) is -0.417. The zero-order valence-corrected chi connectivity index (χ0v) is 24.1. The Kier molecular flexibility index (Phi) is 9.22. The number of ether oxygens (including phenoxy) is 1. The van der Waals surface area contributed by atoms with Crippen LogP contribution < -0.4 is 4.72 Å². The van der Waals surface area contributed by atoms with E-state index in [2.05, 4.69) is 9.71 Å². The van der Waals surface area contributed by atoms with Gasteiger partial charge < -0.3 is 9.84 Å². The Bertz CT molecular complexity index is 1690. The molecule has 1 heterocycles. The van der Waals surface area contributed by atoms with Gasteiger partial charge in [0.05, 0.1) is 22.0 Å². The topological polar surface area (TPSA) is 106 Å². The lowest BCUT2D eigenvalue weighted by Gasteiger charge is -2.17. The lowest BCUT2D eigenvalue weighted by molar-refractivity contribution is -0.137. The number of aromatic nitrogens is 1. The summed E-state index contributed by atoms with van der Waals surface area (Å²) < 4.78 is 73.5. The Hall–Kier alpha value is -3.96. The molecule has 0 bridgehead atoms. The molecule has 0 radical (unpaired) electrons. The van der Waals surface area contributed by atoms with Crippen LogP contribution in [0.15, 0.2) is 72.8 Å². The van der Waals surface area contributed by atoms with Crippen molar-refractivity contribution in [3.63, 3.8) is 0 Å². The van der Waals surface area contributed by atoms with Gasteiger partial charge in [-0.3, -0.25) is 9.52 Å². The molecule has 1 unspecified atom stereocenters. The highest BCUT2D eigenvalue weighted by Crippen LogP contribution is 2.35. The molecule has 0 saturated heterocycles. The van der Waals surface area contributed by atoms with E-state index in [1.807, 2.05) is 0 Å². The van der Waals surface area contributed by atoms with Crippen LogP contribution in [0.1, 0.15) is 41.9 Å². The van der Waals surface area contributed by atoms with Crippen molar-refractivity contribution in [1.82, 2.24) is 4.98 Å². The number of nitrogens with zero attached hydrogens (tertiary/aromatic N) is 1. The van der Waals surface area contributed by atoms with Crippen molar-refractivity contribution < 1.29 is 36.2 Å². The first-order valence-electron chi connectivity index (χ1n) is 13.2. The molecule has 1 atom stereocenters. The average molecular weight is 601 g/mol. The minimum atomic E-state index is -4.52. The van der Waals surface area contributed by atoms with Crippen molar-refractivity contribution in [3.05, 3.63) is 89.6 Å². The molecule has 42 heavy (non-hydrogen) atoms. The molecule has 4 rings (SSSR count). The third-order valence-corrected chi connectivity index (χ3v) is 8.57. The van der Waals surface area contributed by atoms with E-state index in [-0.39, 0.29) is 41.9 Å². The summed E-state index contributed by atoms with van der Waals surface area (Å²) in [4.78, 5) is 17.9. The summed E-state index contributed by atoms with van der Waals surface area (Å²) in [5.41, 5.74) is 1.27. The highest BCUT2D eigenvalue weighted by atomic mass is 32.2. The van der Waals surface area contributed by atoms with Crippen LogP contribution in [0.4, 0.5) is 18.9 Å². The van der Waals surface area contributed by atoms with E-state index in [4.69, 9.17) is 4.74 Å². The normalized spacial score (nSPS) is 12.9. The number of halogens is 3. The highest BCUT2D eigenvalue weighted by Gasteiger charge is 2.30. The van der Waals surface area contributed by atoms with Gasteiger partial charge in [-0.15, -0.1) is 0 Å². The number of carbonyl (C=O) groups is 1. The monoisotopic (exact) mass is 600 g/mol.